The number of nitrogens with one attached hydrogen (secondary N) is 2. The van der Waals surface area contributed by atoms with Crippen LogP contribution in [-0.2, 0) is 11.4 Å². The number of nitrogens with zero attached hydrogens (tertiary/aromatic N) is 4. The molecule has 40 heavy (non-hydrogen) atoms. The SMILES string of the molecule is C=C1Nc2nc(-c3ccccc3Cl)nn2[C@H](c2cccc(OCc3ccccc3)c2)[C@@H]1C(=O)Nc1ccccn1. The molecule has 3 heterocycles. The van der Waals surface area contributed by atoms with E-state index in [1.165, 1.54) is 0 Å². The molecule has 0 bridgehead atoms. The van der Waals surface area contributed by atoms with E-state index >= 15 is 0 Å². The van der Waals surface area contributed by atoms with Crippen molar-refractivity contribution in [3.8, 4) is 17.1 Å². The highest BCUT2D eigenvalue weighted by atomic mass is 35.5. The van der Waals surface area contributed by atoms with Gasteiger partial charge < -0.3 is 15.4 Å². The molecule has 0 aliphatic carbocycles. The van der Waals surface area contributed by atoms with Crippen LogP contribution in [0.5, 0.6) is 5.75 Å². The van der Waals surface area contributed by atoms with Crippen LogP contribution < -0.4 is 15.4 Å². The summed E-state index contributed by atoms with van der Waals surface area (Å²) in [5.74, 6) is 0.995. The molecule has 3 aromatic carbocycles. The maximum absolute atomic E-state index is 13.7. The van der Waals surface area contributed by atoms with Gasteiger partial charge in [0.05, 0.1) is 11.1 Å². The first kappa shape index (κ1) is 25.3. The van der Waals surface area contributed by atoms with Crippen LogP contribution >= 0.6 is 11.6 Å². The van der Waals surface area contributed by atoms with Gasteiger partial charge in [0.25, 0.3) is 0 Å². The lowest BCUT2D eigenvalue weighted by atomic mass is 9.88. The number of halogens is 1. The molecule has 0 spiro atoms. The van der Waals surface area contributed by atoms with Crippen molar-refractivity contribution in [2.75, 3.05) is 10.6 Å². The highest BCUT2D eigenvalue weighted by Gasteiger charge is 2.40. The molecular formula is C31H25ClN6O2. The summed E-state index contributed by atoms with van der Waals surface area (Å²) >= 11 is 6.47. The number of pyridine rings is 1. The lowest BCUT2D eigenvalue weighted by Gasteiger charge is -2.33. The summed E-state index contributed by atoms with van der Waals surface area (Å²) in [7, 11) is 0. The van der Waals surface area contributed by atoms with Gasteiger partial charge in [-0.2, -0.15) is 4.98 Å². The summed E-state index contributed by atoms with van der Waals surface area (Å²) in [6.45, 7) is 4.61. The number of aromatic nitrogens is 4. The summed E-state index contributed by atoms with van der Waals surface area (Å²) in [4.78, 5) is 22.7. The molecule has 1 amide bonds. The Morgan fingerprint density at radius 2 is 1.80 bits per heavy atom. The quantitative estimate of drug-likeness (QED) is 0.246. The standard InChI is InChI=1S/C31H25ClN6O2/c1-20-27(30(39)35-26-16-7-8-17-33-26)28(22-12-9-13-23(18-22)40-19-21-10-3-2-4-11-21)38-31(34-20)36-29(37-38)24-14-5-6-15-25(24)32/h2-18,27-28H,1,19H2,(H,33,35,39)(H,34,36,37)/t27-,28-/m1/s1. The van der Waals surface area contributed by atoms with Crippen LogP contribution in [0, 0.1) is 5.92 Å². The van der Waals surface area contributed by atoms with E-state index in [-0.39, 0.29) is 5.91 Å². The third-order valence-corrected chi connectivity index (χ3v) is 6.95. The molecule has 0 unspecified atom stereocenters. The zero-order valence-corrected chi connectivity index (χ0v) is 22.1. The summed E-state index contributed by atoms with van der Waals surface area (Å²) in [5.41, 5.74) is 3.04. The van der Waals surface area contributed by atoms with Gasteiger partial charge >= 0.3 is 0 Å². The Bertz CT molecular complexity index is 1670. The molecule has 2 N–H and O–H groups in total. The van der Waals surface area contributed by atoms with Crippen LogP contribution in [0.1, 0.15) is 17.2 Å². The van der Waals surface area contributed by atoms with Crippen LogP contribution in [0.3, 0.4) is 0 Å². The van der Waals surface area contributed by atoms with Crippen LogP contribution in [0.15, 0.2) is 116 Å². The highest BCUT2D eigenvalue weighted by Crippen LogP contribution is 2.40. The largest absolute Gasteiger partial charge is 0.489 e. The number of benzene rings is 3. The van der Waals surface area contributed by atoms with E-state index in [9.17, 15) is 4.79 Å². The lowest BCUT2D eigenvalue weighted by molar-refractivity contribution is -0.119. The lowest BCUT2D eigenvalue weighted by Crippen LogP contribution is -2.39. The molecule has 0 saturated heterocycles. The minimum absolute atomic E-state index is 0.280. The Labute approximate surface area is 236 Å². The average molecular weight is 549 g/mol. The molecular weight excluding hydrogens is 524 g/mol. The zero-order valence-electron chi connectivity index (χ0n) is 21.4. The Balaban J connectivity index is 1.40. The van der Waals surface area contributed by atoms with Gasteiger partial charge in [0.1, 0.15) is 24.1 Å². The van der Waals surface area contributed by atoms with Crippen molar-refractivity contribution in [2.24, 2.45) is 5.92 Å². The highest BCUT2D eigenvalue weighted by molar-refractivity contribution is 6.33. The van der Waals surface area contributed by atoms with Crippen molar-refractivity contribution in [2.45, 2.75) is 12.6 Å². The maximum Gasteiger partial charge on any atom is 0.237 e. The third kappa shape index (κ3) is 5.17. The van der Waals surface area contributed by atoms with Crippen LogP contribution in [0.4, 0.5) is 11.8 Å². The van der Waals surface area contributed by atoms with E-state index in [4.69, 9.17) is 26.4 Å². The molecule has 198 valence electrons. The second-order valence-corrected chi connectivity index (χ2v) is 9.71. The first-order valence-electron chi connectivity index (χ1n) is 12.7. The predicted octanol–water partition coefficient (Wildman–Crippen LogP) is 6.36. The normalized spacial score (nSPS) is 16.1. The third-order valence-electron chi connectivity index (χ3n) is 6.62. The monoisotopic (exact) mass is 548 g/mol. The van der Waals surface area contributed by atoms with Gasteiger partial charge in [-0.05, 0) is 47.5 Å². The predicted molar refractivity (Wildman–Crippen MR) is 155 cm³/mol. The molecule has 0 fully saturated rings. The van der Waals surface area contributed by atoms with E-state index in [0.717, 1.165) is 11.1 Å². The molecule has 6 rings (SSSR count). The van der Waals surface area contributed by atoms with Gasteiger partial charge in [-0.15, -0.1) is 5.10 Å². The molecule has 2 atom stereocenters. The number of ether oxygens (including phenoxy) is 1. The fourth-order valence-corrected chi connectivity index (χ4v) is 4.94. The Kier molecular flexibility index (Phi) is 6.99. The van der Waals surface area contributed by atoms with Crippen molar-refractivity contribution >= 4 is 29.3 Å². The summed E-state index contributed by atoms with van der Waals surface area (Å²) < 4.78 is 7.82. The summed E-state index contributed by atoms with van der Waals surface area (Å²) in [6, 6.07) is 29.7. The van der Waals surface area contributed by atoms with Gasteiger partial charge in [0.15, 0.2) is 5.82 Å². The fourth-order valence-electron chi connectivity index (χ4n) is 4.72. The van der Waals surface area contributed by atoms with E-state index in [0.29, 0.717) is 46.2 Å². The smallest absolute Gasteiger partial charge is 0.237 e. The van der Waals surface area contributed by atoms with Crippen molar-refractivity contribution in [1.82, 2.24) is 19.7 Å². The molecule has 2 aromatic heterocycles. The molecule has 0 radical (unpaired) electrons. The number of rotatable bonds is 7. The van der Waals surface area contributed by atoms with Gasteiger partial charge in [-0.3, -0.25) is 4.79 Å². The fraction of sp³-hybridized carbons (Fsp3) is 0.0968. The van der Waals surface area contributed by atoms with Crippen molar-refractivity contribution < 1.29 is 9.53 Å². The number of carbonyl (C=O) groups is 1. The first-order chi connectivity index (χ1) is 19.6. The van der Waals surface area contributed by atoms with Crippen molar-refractivity contribution in [3.63, 3.8) is 0 Å². The molecule has 1 aliphatic rings. The second kappa shape index (κ2) is 11.0. The summed E-state index contributed by atoms with van der Waals surface area (Å²) in [6.07, 6.45) is 1.62. The maximum atomic E-state index is 13.7. The zero-order chi connectivity index (χ0) is 27.5. The van der Waals surface area contributed by atoms with Gasteiger partial charge in [0, 0.05) is 17.5 Å². The number of hydrogen-bond donors (Lipinski definition) is 2. The average Bonchev–Trinajstić information content (AvgIpc) is 3.40. The molecule has 1 aliphatic heterocycles. The van der Waals surface area contributed by atoms with E-state index in [1.54, 1.807) is 29.1 Å². The number of fused-ring (bicyclic) bond motifs is 1. The van der Waals surface area contributed by atoms with Crippen LogP contribution in [0.2, 0.25) is 5.02 Å². The van der Waals surface area contributed by atoms with Crippen molar-refractivity contribution in [1.29, 1.82) is 0 Å². The Morgan fingerprint density at radius 1 is 1.00 bits per heavy atom. The topological polar surface area (TPSA) is 94.0 Å². The van der Waals surface area contributed by atoms with Gasteiger partial charge in [0.2, 0.25) is 11.9 Å². The summed E-state index contributed by atoms with van der Waals surface area (Å²) in [5, 5.41) is 11.5. The molecule has 8 nitrogen and oxygen atoms in total. The minimum atomic E-state index is -0.736. The Morgan fingerprint density at radius 3 is 2.60 bits per heavy atom. The minimum Gasteiger partial charge on any atom is -0.489 e. The second-order valence-electron chi connectivity index (χ2n) is 9.31. The van der Waals surface area contributed by atoms with Crippen LogP contribution in [0.25, 0.3) is 11.4 Å². The van der Waals surface area contributed by atoms with E-state index < -0.39 is 12.0 Å². The van der Waals surface area contributed by atoms with E-state index in [2.05, 4.69) is 22.2 Å². The molecule has 9 heteroatoms. The van der Waals surface area contributed by atoms with Crippen molar-refractivity contribution in [3.05, 3.63) is 132 Å². The molecule has 5 aromatic rings. The van der Waals surface area contributed by atoms with Gasteiger partial charge in [-0.1, -0.05) is 78.8 Å². The van der Waals surface area contributed by atoms with E-state index in [1.807, 2.05) is 78.9 Å². The number of amides is 1. The number of carbonyl (C=O) groups excluding carboxylic acids is 1. The Hall–Kier alpha value is -4.95. The van der Waals surface area contributed by atoms with Crippen LogP contribution in [-0.4, -0.2) is 25.7 Å². The molecule has 0 saturated carbocycles. The van der Waals surface area contributed by atoms with Gasteiger partial charge in [-0.25, -0.2) is 9.67 Å². The number of hydrogen-bond acceptors (Lipinski definition) is 6. The first-order valence-corrected chi connectivity index (χ1v) is 13.1. The number of anilines is 2.